The van der Waals surface area contributed by atoms with Crippen molar-refractivity contribution in [2.45, 2.75) is 26.8 Å². The number of hydrogen-bond donors (Lipinski definition) is 2. The first kappa shape index (κ1) is 25.8. The molecule has 0 spiro atoms. The first-order valence-electron chi connectivity index (χ1n) is 12.4. The molecule has 1 atom stereocenters. The third-order valence-electron chi connectivity index (χ3n) is 6.78. The number of aromatic nitrogens is 4. The second-order valence-corrected chi connectivity index (χ2v) is 9.22. The molecule has 10 nitrogen and oxygen atoms in total. The van der Waals surface area contributed by atoms with Crippen LogP contribution < -0.4 is 24.8 Å². The SMILES string of the molecule is COc1cc(C2C(C(=O)Nc3cccnc3)=C(C)Nc3nc(-c4ccc(C)c(C)c4)nn32)cc(OC)c1OC. The summed E-state index contributed by atoms with van der Waals surface area (Å²) in [5, 5.41) is 11.1. The van der Waals surface area contributed by atoms with Gasteiger partial charge in [0.15, 0.2) is 17.3 Å². The summed E-state index contributed by atoms with van der Waals surface area (Å²) in [6.45, 7) is 5.96. The summed E-state index contributed by atoms with van der Waals surface area (Å²) in [6.07, 6.45) is 3.24. The van der Waals surface area contributed by atoms with Crippen molar-refractivity contribution in [2.75, 3.05) is 32.0 Å². The number of amides is 1. The molecular weight excluding hydrogens is 496 g/mol. The first-order chi connectivity index (χ1) is 18.8. The second-order valence-electron chi connectivity index (χ2n) is 9.22. The van der Waals surface area contributed by atoms with Crippen LogP contribution in [0.1, 0.15) is 29.7 Å². The molecule has 0 radical (unpaired) electrons. The van der Waals surface area contributed by atoms with Crippen molar-refractivity contribution in [1.82, 2.24) is 19.7 Å². The zero-order chi connectivity index (χ0) is 27.7. The molecule has 4 aromatic rings. The Bertz CT molecular complexity index is 1550. The monoisotopic (exact) mass is 526 g/mol. The van der Waals surface area contributed by atoms with Crippen LogP contribution in [-0.2, 0) is 4.79 Å². The molecule has 1 aliphatic rings. The van der Waals surface area contributed by atoms with E-state index in [9.17, 15) is 4.79 Å². The van der Waals surface area contributed by atoms with E-state index in [2.05, 4.69) is 35.5 Å². The molecule has 2 aromatic heterocycles. The van der Waals surface area contributed by atoms with E-state index in [0.717, 1.165) is 11.1 Å². The van der Waals surface area contributed by atoms with Crippen molar-refractivity contribution >= 4 is 17.5 Å². The maximum atomic E-state index is 13.8. The third-order valence-corrected chi connectivity index (χ3v) is 6.78. The van der Waals surface area contributed by atoms with E-state index in [1.54, 1.807) is 50.5 Å². The lowest BCUT2D eigenvalue weighted by Gasteiger charge is -2.29. The Labute approximate surface area is 226 Å². The molecule has 0 aliphatic carbocycles. The van der Waals surface area contributed by atoms with Crippen molar-refractivity contribution in [3.63, 3.8) is 0 Å². The number of aryl methyl sites for hydroxylation is 2. The van der Waals surface area contributed by atoms with E-state index in [4.69, 9.17) is 24.3 Å². The van der Waals surface area contributed by atoms with Gasteiger partial charge in [-0.2, -0.15) is 4.98 Å². The zero-order valence-electron chi connectivity index (χ0n) is 22.7. The molecule has 3 heterocycles. The van der Waals surface area contributed by atoms with Gasteiger partial charge < -0.3 is 24.8 Å². The Morgan fingerprint density at radius 2 is 1.72 bits per heavy atom. The Balaban J connectivity index is 1.68. The predicted octanol–water partition coefficient (Wildman–Crippen LogP) is 4.91. The van der Waals surface area contributed by atoms with Gasteiger partial charge in [0.25, 0.3) is 5.91 Å². The molecule has 39 heavy (non-hydrogen) atoms. The van der Waals surface area contributed by atoms with E-state index in [0.29, 0.717) is 51.5 Å². The minimum absolute atomic E-state index is 0.305. The van der Waals surface area contributed by atoms with E-state index >= 15 is 0 Å². The third kappa shape index (κ3) is 4.76. The van der Waals surface area contributed by atoms with Crippen molar-refractivity contribution in [1.29, 1.82) is 0 Å². The number of benzene rings is 2. The highest BCUT2D eigenvalue weighted by Gasteiger charge is 2.36. The molecule has 10 heteroatoms. The highest BCUT2D eigenvalue weighted by atomic mass is 16.5. The molecule has 1 aliphatic heterocycles. The quantitative estimate of drug-likeness (QED) is 0.349. The second kappa shape index (κ2) is 10.5. The number of ether oxygens (including phenoxy) is 3. The van der Waals surface area contributed by atoms with Crippen LogP contribution in [0.4, 0.5) is 11.6 Å². The summed E-state index contributed by atoms with van der Waals surface area (Å²) < 4.78 is 18.5. The van der Waals surface area contributed by atoms with Crippen LogP contribution in [0.2, 0.25) is 0 Å². The zero-order valence-corrected chi connectivity index (χ0v) is 22.7. The fraction of sp³-hybridized carbons (Fsp3) is 0.241. The maximum Gasteiger partial charge on any atom is 0.255 e. The number of anilines is 2. The molecule has 1 unspecified atom stereocenters. The van der Waals surface area contributed by atoms with Crippen molar-refractivity contribution in [2.24, 2.45) is 0 Å². The number of nitrogens with zero attached hydrogens (tertiary/aromatic N) is 4. The van der Waals surface area contributed by atoms with Gasteiger partial charge in [-0.3, -0.25) is 9.78 Å². The molecule has 0 saturated carbocycles. The highest BCUT2D eigenvalue weighted by molar-refractivity contribution is 6.06. The van der Waals surface area contributed by atoms with Gasteiger partial charge in [0.2, 0.25) is 11.7 Å². The number of carbonyl (C=O) groups excluding carboxylic acids is 1. The lowest BCUT2D eigenvalue weighted by molar-refractivity contribution is -0.113. The number of fused-ring (bicyclic) bond motifs is 1. The molecule has 1 amide bonds. The number of carbonyl (C=O) groups is 1. The van der Waals surface area contributed by atoms with Crippen molar-refractivity contribution < 1.29 is 19.0 Å². The number of rotatable bonds is 7. The van der Waals surface area contributed by atoms with Crippen molar-refractivity contribution in [3.05, 3.63) is 82.8 Å². The summed E-state index contributed by atoms with van der Waals surface area (Å²) in [7, 11) is 4.66. The normalized spacial score (nSPS) is 14.4. The summed E-state index contributed by atoms with van der Waals surface area (Å²) in [4.78, 5) is 22.7. The van der Waals surface area contributed by atoms with Crippen LogP contribution in [0.25, 0.3) is 11.4 Å². The number of pyridine rings is 1. The highest BCUT2D eigenvalue weighted by Crippen LogP contribution is 2.44. The van der Waals surface area contributed by atoms with E-state index in [-0.39, 0.29) is 5.91 Å². The lowest BCUT2D eigenvalue weighted by atomic mass is 9.94. The van der Waals surface area contributed by atoms with E-state index < -0.39 is 6.04 Å². The number of nitrogens with one attached hydrogen (secondary N) is 2. The van der Waals surface area contributed by atoms with Crippen LogP contribution in [-0.4, -0.2) is 47.0 Å². The molecular formula is C29H30N6O4. The Hall–Kier alpha value is -4.86. The molecule has 0 bridgehead atoms. The molecule has 200 valence electrons. The topological polar surface area (TPSA) is 112 Å². The largest absolute Gasteiger partial charge is 0.493 e. The number of hydrogen-bond acceptors (Lipinski definition) is 8. The first-order valence-corrected chi connectivity index (χ1v) is 12.4. The lowest BCUT2D eigenvalue weighted by Crippen LogP contribution is -2.31. The van der Waals surface area contributed by atoms with Crippen LogP contribution in [0.5, 0.6) is 17.2 Å². The number of methoxy groups -OCH3 is 3. The fourth-order valence-electron chi connectivity index (χ4n) is 4.65. The summed E-state index contributed by atoms with van der Waals surface area (Å²) in [5.74, 6) is 2.13. The molecule has 5 rings (SSSR count). The molecule has 0 fully saturated rings. The Morgan fingerprint density at radius 1 is 0.974 bits per heavy atom. The van der Waals surface area contributed by atoms with E-state index in [1.807, 2.05) is 31.2 Å². The molecule has 2 aromatic carbocycles. The minimum atomic E-state index is -0.653. The summed E-state index contributed by atoms with van der Waals surface area (Å²) in [6, 6.07) is 12.6. The summed E-state index contributed by atoms with van der Waals surface area (Å²) in [5.41, 5.74) is 5.58. The fourth-order valence-corrected chi connectivity index (χ4v) is 4.65. The van der Waals surface area contributed by atoms with Gasteiger partial charge in [-0.15, -0.1) is 5.10 Å². The van der Waals surface area contributed by atoms with Gasteiger partial charge in [-0.1, -0.05) is 12.1 Å². The maximum absolute atomic E-state index is 13.8. The van der Waals surface area contributed by atoms with Gasteiger partial charge in [-0.25, -0.2) is 4.68 Å². The van der Waals surface area contributed by atoms with Crippen LogP contribution in [0.3, 0.4) is 0 Å². The minimum Gasteiger partial charge on any atom is -0.493 e. The molecule has 0 saturated heterocycles. The van der Waals surface area contributed by atoms with Crippen LogP contribution in [0, 0.1) is 13.8 Å². The number of allylic oxidation sites excluding steroid dienone is 1. The van der Waals surface area contributed by atoms with E-state index in [1.165, 1.54) is 5.56 Å². The van der Waals surface area contributed by atoms with Gasteiger partial charge in [0.1, 0.15) is 6.04 Å². The predicted molar refractivity (Wildman–Crippen MR) is 148 cm³/mol. The van der Waals surface area contributed by atoms with Gasteiger partial charge >= 0.3 is 0 Å². The average molecular weight is 527 g/mol. The van der Waals surface area contributed by atoms with Gasteiger partial charge in [0, 0.05) is 17.5 Å². The van der Waals surface area contributed by atoms with Crippen molar-refractivity contribution in [3.8, 4) is 28.6 Å². The summed E-state index contributed by atoms with van der Waals surface area (Å²) >= 11 is 0. The molecule has 2 N–H and O–H groups in total. The average Bonchev–Trinajstić information content (AvgIpc) is 3.36. The Morgan fingerprint density at radius 3 is 2.33 bits per heavy atom. The van der Waals surface area contributed by atoms with Gasteiger partial charge in [-0.05, 0) is 67.8 Å². The van der Waals surface area contributed by atoms with Gasteiger partial charge in [0.05, 0.1) is 38.8 Å². The smallest absolute Gasteiger partial charge is 0.255 e. The van der Waals surface area contributed by atoms with Crippen LogP contribution >= 0.6 is 0 Å². The Kier molecular flexibility index (Phi) is 6.93. The van der Waals surface area contributed by atoms with Crippen LogP contribution in [0.15, 0.2) is 66.1 Å². The standard InChI is InChI=1S/C29H30N6O4/c1-16-9-10-19(12-17(16)2)27-33-29-31-18(3)24(28(36)32-21-8-7-11-30-15-21)25(35(29)34-27)20-13-22(37-4)26(39-6)23(14-20)38-5/h7-15,25H,1-6H3,(H,32,36)(H,31,33,34).